The Hall–Kier alpha value is -2.64. The van der Waals surface area contributed by atoms with Gasteiger partial charge in [-0.2, -0.15) is 0 Å². The quantitative estimate of drug-likeness (QED) is 0.815. The maximum absolute atomic E-state index is 13.0. The van der Waals surface area contributed by atoms with Crippen LogP contribution < -0.4 is 15.1 Å². The van der Waals surface area contributed by atoms with Gasteiger partial charge in [-0.25, -0.2) is 9.18 Å². The third-order valence-electron chi connectivity index (χ3n) is 4.25. The number of carbonyl (C=O) groups is 3. The number of fused-ring (bicyclic) bond motifs is 1. The molecule has 0 aliphatic carbocycles. The molecule has 0 aromatic heterocycles. The van der Waals surface area contributed by atoms with Crippen LogP contribution in [0, 0.1) is 0 Å². The predicted molar refractivity (Wildman–Crippen MR) is 84.8 cm³/mol. The van der Waals surface area contributed by atoms with Crippen LogP contribution in [0.4, 0.5) is 20.6 Å². The van der Waals surface area contributed by atoms with Crippen molar-refractivity contribution in [1.29, 1.82) is 0 Å². The molecule has 7 nitrogen and oxygen atoms in total. The molecule has 0 bridgehead atoms. The van der Waals surface area contributed by atoms with Crippen molar-refractivity contribution >= 4 is 29.8 Å². The van der Waals surface area contributed by atoms with Crippen molar-refractivity contribution in [2.75, 3.05) is 29.6 Å². The largest absolute Gasteiger partial charge is 0.442 e. The van der Waals surface area contributed by atoms with Crippen LogP contribution in [0.1, 0.15) is 12.5 Å². The molecule has 2 heterocycles. The lowest BCUT2D eigenvalue weighted by Gasteiger charge is -2.18. The molecule has 0 unspecified atom stereocenters. The summed E-state index contributed by atoms with van der Waals surface area (Å²) in [5.41, 5.74) is 2.12. The van der Waals surface area contributed by atoms with Crippen molar-refractivity contribution in [3.8, 4) is 0 Å². The number of amides is 3. The average Bonchev–Trinajstić information content (AvgIpc) is 3.11. The Morgan fingerprint density at radius 2 is 2.29 bits per heavy atom. The summed E-state index contributed by atoms with van der Waals surface area (Å²) in [4.78, 5) is 37.0. The molecule has 1 fully saturated rings. The van der Waals surface area contributed by atoms with Crippen LogP contribution in [0.25, 0.3) is 0 Å². The SMILES string of the molecule is CC(=O)NC[C@H]1CN(c2ccc3c(c2)C[C@H](CF)N3C=O)C(=O)O1. The summed E-state index contributed by atoms with van der Waals surface area (Å²) in [5.74, 6) is -0.187. The molecule has 1 aromatic rings. The van der Waals surface area contributed by atoms with Crippen molar-refractivity contribution in [3.63, 3.8) is 0 Å². The molecular formula is C16H18FN3O4. The Balaban J connectivity index is 1.76. The van der Waals surface area contributed by atoms with Crippen molar-refractivity contribution in [2.24, 2.45) is 0 Å². The highest BCUT2D eigenvalue weighted by Gasteiger charge is 2.34. The maximum atomic E-state index is 13.0. The summed E-state index contributed by atoms with van der Waals surface area (Å²) >= 11 is 0. The number of carbonyl (C=O) groups excluding carboxylic acids is 3. The molecule has 2 aliphatic heterocycles. The van der Waals surface area contributed by atoms with Crippen molar-refractivity contribution < 1.29 is 23.5 Å². The molecule has 2 aliphatic rings. The van der Waals surface area contributed by atoms with Gasteiger partial charge in [0, 0.05) is 18.3 Å². The van der Waals surface area contributed by atoms with E-state index in [-0.39, 0.29) is 12.5 Å². The molecule has 1 aromatic carbocycles. The van der Waals surface area contributed by atoms with Gasteiger partial charge in [-0.3, -0.25) is 14.5 Å². The number of hydrogen-bond acceptors (Lipinski definition) is 4. The Morgan fingerprint density at radius 1 is 1.50 bits per heavy atom. The first-order chi connectivity index (χ1) is 11.5. The topological polar surface area (TPSA) is 79.0 Å². The summed E-state index contributed by atoms with van der Waals surface area (Å²) < 4.78 is 18.3. The molecule has 8 heteroatoms. The van der Waals surface area contributed by atoms with Gasteiger partial charge in [-0.15, -0.1) is 0 Å². The Morgan fingerprint density at radius 3 is 2.96 bits per heavy atom. The lowest BCUT2D eigenvalue weighted by atomic mass is 10.1. The number of nitrogens with one attached hydrogen (secondary N) is 1. The zero-order valence-electron chi connectivity index (χ0n) is 13.2. The molecule has 0 radical (unpaired) electrons. The van der Waals surface area contributed by atoms with Gasteiger partial charge in [0.1, 0.15) is 12.8 Å². The smallest absolute Gasteiger partial charge is 0.414 e. The first-order valence-electron chi connectivity index (χ1n) is 7.68. The van der Waals surface area contributed by atoms with E-state index in [4.69, 9.17) is 4.74 Å². The molecular weight excluding hydrogens is 317 g/mol. The maximum Gasteiger partial charge on any atom is 0.414 e. The summed E-state index contributed by atoms with van der Waals surface area (Å²) in [5, 5.41) is 2.62. The first kappa shape index (κ1) is 16.2. The summed E-state index contributed by atoms with van der Waals surface area (Å²) in [6, 6.07) is 4.70. The van der Waals surface area contributed by atoms with E-state index in [1.807, 2.05) is 0 Å². The second-order valence-electron chi connectivity index (χ2n) is 5.89. The van der Waals surface area contributed by atoms with Gasteiger partial charge in [-0.05, 0) is 30.2 Å². The van der Waals surface area contributed by atoms with E-state index in [2.05, 4.69) is 5.32 Å². The van der Waals surface area contributed by atoms with Crippen molar-refractivity contribution in [3.05, 3.63) is 23.8 Å². The number of ether oxygens (including phenoxy) is 1. The number of rotatable bonds is 5. The van der Waals surface area contributed by atoms with Gasteiger partial charge < -0.3 is 15.0 Å². The van der Waals surface area contributed by atoms with Gasteiger partial charge in [0.05, 0.1) is 19.1 Å². The zero-order valence-corrected chi connectivity index (χ0v) is 13.2. The molecule has 1 saturated heterocycles. The van der Waals surface area contributed by atoms with Crippen LogP contribution in [0.3, 0.4) is 0 Å². The van der Waals surface area contributed by atoms with Crippen LogP contribution in [0.5, 0.6) is 0 Å². The number of benzene rings is 1. The number of halogens is 1. The molecule has 3 rings (SSSR count). The average molecular weight is 335 g/mol. The fraction of sp³-hybridized carbons (Fsp3) is 0.438. The van der Waals surface area contributed by atoms with Crippen LogP contribution in [0.15, 0.2) is 18.2 Å². The monoisotopic (exact) mass is 335 g/mol. The van der Waals surface area contributed by atoms with E-state index in [1.165, 1.54) is 16.7 Å². The van der Waals surface area contributed by atoms with Gasteiger partial charge in [0.15, 0.2) is 0 Å². The molecule has 0 spiro atoms. The molecule has 24 heavy (non-hydrogen) atoms. The Kier molecular flexibility index (Phi) is 4.37. The predicted octanol–water partition coefficient (Wildman–Crippen LogP) is 1.00. The number of alkyl halides is 1. The van der Waals surface area contributed by atoms with E-state index in [0.29, 0.717) is 30.8 Å². The van der Waals surface area contributed by atoms with Crippen LogP contribution in [0.2, 0.25) is 0 Å². The third kappa shape index (κ3) is 2.91. The zero-order chi connectivity index (χ0) is 17.3. The molecule has 0 saturated carbocycles. The second-order valence-corrected chi connectivity index (χ2v) is 5.89. The van der Waals surface area contributed by atoms with Gasteiger partial charge >= 0.3 is 6.09 Å². The van der Waals surface area contributed by atoms with E-state index in [1.54, 1.807) is 18.2 Å². The van der Waals surface area contributed by atoms with Crippen molar-refractivity contribution in [2.45, 2.75) is 25.5 Å². The van der Waals surface area contributed by atoms with Crippen LogP contribution >= 0.6 is 0 Å². The van der Waals surface area contributed by atoms with E-state index < -0.39 is 24.9 Å². The summed E-state index contributed by atoms with van der Waals surface area (Å²) in [7, 11) is 0. The summed E-state index contributed by atoms with van der Waals surface area (Å²) in [6.45, 7) is 1.36. The number of hydrogen-bond donors (Lipinski definition) is 1. The minimum absolute atomic E-state index is 0.187. The van der Waals surface area contributed by atoms with Crippen LogP contribution in [-0.2, 0) is 20.7 Å². The molecule has 128 valence electrons. The highest BCUT2D eigenvalue weighted by atomic mass is 19.1. The van der Waals surface area contributed by atoms with Gasteiger partial charge in [0.25, 0.3) is 0 Å². The molecule has 3 amide bonds. The number of cyclic esters (lactones) is 1. The minimum Gasteiger partial charge on any atom is -0.442 e. The fourth-order valence-electron chi connectivity index (χ4n) is 3.07. The standard InChI is InChI=1S/C16H18FN3O4/c1-10(22)18-7-14-8-19(16(23)24-14)12-2-3-15-11(4-12)5-13(6-17)20(15)9-21/h2-4,9,13-14H,5-8H2,1H3,(H,18,22)/t13-,14+/m1/s1. The van der Waals surface area contributed by atoms with Crippen molar-refractivity contribution in [1.82, 2.24) is 5.32 Å². The summed E-state index contributed by atoms with van der Waals surface area (Å²) in [6.07, 6.45) is 0.136. The highest BCUT2D eigenvalue weighted by Crippen LogP contribution is 2.35. The number of anilines is 2. The Labute approximate surface area is 138 Å². The van der Waals surface area contributed by atoms with E-state index in [0.717, 1.165) is 5.56 Å². The number of nitrogens with zero attached hydrogens (tertiary/aromatic N) is 2. The van der Waals surface area contributed by atoms with Gasteiger partial charge in [0.2, 0.25) is 12.3 Å². The normalized spacial score (nSPS) is 22.3. The lowest BCUT2D eigenvalue weighted by molar-refractivity contribution is -0.119. The van der Waals surface area contributed by atoms with E-state index in [9.17, 15) is 18.8 Å². The fourth-order valence-corrected chi connectivity index (χ4v) is 3.07. The second kappa shape index (κ2) is 6.46. The first-order valence-corrected chi connectivity index (χ1v) is 7.68. The minimum atomic E-state index is -0.618. The van der Waals surface area contributed by atoms with E-state index >= 15 is 0 Å². The third-order valence-corrected chi connectivity index (χ3v) is 4.25. The molecule has 2 atom stereocenters. The Bertz CT molecular complexity index is 681. The lowest BCUT2D eigenvalue weighted by Crippen LogP contribution is -2.33. The molecule has 1 N–H and O–H groups in total. The highest BCUT2D eigenvalue weighted by molar-refractivity contribution is 5.91. The van der Waals surface area contributed by atoms with Crippen LogP contribution in [-0.4, -0.2) is 50.3 Å². The van der Waals surface area contributed by atoms with Gasteiger partial charge in [-0.1, -0.05) is 0 Å².